The molecule has 2 unspecified atom stereocenters. The number of hydrogen-bond donors (Lipinski definition) is 3. The van der Waals surface area contributed by atoms with E-state index in [4.69, 9.17) is 4.74 Å². The number of ether oxygens (including phenoxy) is 1. The van der Waals surface area contributed by atoms with E-state index >= 15 is 0 Å². The summed E-state index contributed by atoms with van der Waals surface area (Å²) in [5.41, 5.74) is 1.12. The SMILES string of the molecule is CC(NC(=O)NCC(O)C1CCOCC1)c1csc2ccccc12. The molecule has 1 saturated heterocycles. The van der Waals surface area contributed by atoms with Gasteiger partial charge in [0.25, 0.3) is 0 Å². The van der Waals surface area contributed by atoms with Gasteiger partial charge in [-0.3, -0.25) is 0 Å². The van der Waals surface area contributed by atoms with Crippen LogP contribution in [0.2, 0.25) is 0 Å². The lowest BCUT2D eigenvalue weighted by atomic mass is 9.94. The summed E-state index contributed by atoms with van der Waals surface area (Å²) in [6.07, 6.45) is 1.18. The van der Waals surface area contributed by atoms with E-state index in [1.54, 1.807) is 11.3 Å². The molecule has 2 atom stereocenters. The zero-order valence-corrected chi connectivity index (χ0v) is 14.6. The predicted molar refractivity (Wildman–Crippen MR) is 96.3 cm³/mol. The summed E-state index contributed by atoms with van der Waals surface area (Å²) >= 11 is 1.68. The molecule has 1 aromatic carbocycles. The summed E-state index contributed by atoms with van der Waals surface area (Å²) in [7, 11) is 0. The number of amides is 2. The van der Waals surface area contributed by atoms with E-state index in [9.17, 15) is 9.90 Å². The minimum Gasteiger partial charge on any atom is -0.391 e. The van der Waals surface area contributed by atoms with Gasteiger partial charge >= 0.3 is 6.03 Å². The number of benzene rings is 1. The molecule has 2 heterocycles. The summed E-state index contributed by atoms with van der Waals surface area (Å²) in [6.45, 7) is 3.63. The molecule has 0 aliphatic carbocycles. The Morgan fingerprint density at radius 2 is 2.12 bits per heavy atom. The molecule has 24 heavy (non-hydrogen) atoms. The van der Waals surface area contributed by atoms with E-state index in [1.165, 1.54) is 10.1 Å². The van der Waals surface area contributed by atoms with Crippen LogP contribution in [0.3, 0.4) is 0 Å². The molecule has 2 aromatic rings. The van der Waals surface area contributed by atoms with E-state index in [1.807, 2.05) is 19.1 Å². The Bertz CT molecular complexity index is 682. The number of carbonyl (C=O) groups is 1. The van der Waals surface area contributed by atoms with Gasteiger partial charge in [0, 0.05) is 24.5 Å². The normalized spacial score (nSPS) is 18.2. The van der Waals surface area contributed by atoms with Crippen molar-refractivity contribution in [1.82, 2.24) is 10.6 Å². The van der Waals surface area contributed by atoms with Gasteiger partial charge in [-0.15, -0.1) is 11.3 Å². The van der Waals surface area contributed by atoms with Crippen molar-refractivity contribution >= 4 is 27.5 Å². The molecule has 5 nitrogen and oxygen atoms in total. The average Bonchev–Trinajstić information content (AvgIpc) is 3.04. The van der Waals surface area contributed by atoms with Crippen LogP contribution in [-0.2, 0) is 4.74 Å². The lowest BCUT2D eigenvalue weighted by molar-refractivity contribution is 0.00949. The molecule has 0 radical (unpaired) electrons. The van der Waals surface area contributed by atoms with Crippen molar-refractivity contribution < 1.29 is 14.6 Å². The van der Waals surface area contributed by atoms with Gasteiger partial charge in [0.2, 0.25) is 0 Å². The maximum atomic E-state index is 12.1. The van der Waals surface area contributed by atoms with Crippen molar-refractivity contribution in [3.63, 3.8) is 0 Å². The number of carbonyl (C=O) groups excluding carboxylic acids is 1. The van der Waals surface area contributed by atoms with Crippen LogP contribution < -0.4 is 10.6 Å². The fourth-order valence-electron chi connectivity index (χ4n) is 3.12. The third-order valence-electron chi connectivity index (χ3n) is 4.61. The number of aliphatic hydroxyl groups excluding tert-OH is 1. The van der Waals surface area contributed by atoms with Gasteiger partial charge in [0.05, 0.1) is 12.1 Å². The topological polar surface area (TPSA) is 70.6 Å². The van der Waals surface area contributed by atoms with Gasteiger partial charge in [-0.05, 0) is 48.1 Å². The summed E-state index contributed by atoms with van der Waals surface area (Å²) in [4.78, 5) is 12.1. The summed E-state index contributed by atoms with van der Waals surface area (Å²) in [6, 6.07) is 7.86. The first-order chi connectivity index (χ1) is 11.6. The van der Waals surface area contributed by atoms with Crippen LogP contribution in [0.5, 0.6) is 0 Å². The second-order valence-corrected chi connectivity index (χ2v) is 7.19. The molecule has 130 valence electrons. The first-order valence-electron chi connectivity index (χ1n) is 8.41. The Hall–Kier alpha value is -1.63. The molecule has 1 aliphatic heterocycles. The summed E-state index contributed by atoms with van der Waals surface area (Å²) in [5.74, 6) is 0.206. The molecule has 1 aromatic heterocycles. The molecule has 3 rings (SSSR count). The van der Waals surface area contributed by atoms with Crippen LogP contribution in [0.1, 0.15) is 31.4 Å². The van der Waals surface area contributed by atoms with Crippen LogP contribution in [0.4, 0.5) is 4.79 Å². The summed E-state index contributed by atoms with van der Waals surface area (Å²) < 4.78 is 6.51. The Balaban J connectivity index is 1.51. The highest BCUT2D eigenvalue weighted by Gasteiger charge is 2.22. The van der Waals surface area contributed by atoms with E-state index in [0.717, 1.165) is 18.4 Å². The van der Waals surface area contributed by atoms with Gasteiger partial charge < -0.3 is 20.5 Å². The average molecular weight is 348 g/mol. The Labute approximate surface area is 146 Å². The van der Waals surface area contributed by atoms with Crippen molar-refractivity contribution in [2.75, 3.05) is 19.8 Å². The van der Waals surface area contributed by atoms with Gasteiger partial charge in [-0.25, -0.2) is 4.79 Å². The number of hydrogen-bond acceptors (Lipinski definition) is 4. The van der Waals surface area contributed by atoms with Crippen molar-refractivity contribution in [3.8, 4) is 0 Å². The van der Waals surface area contributed by atoms with E-state index in [0.29, 0.717) is 13.2 Å². The fraction of sp³-hybridized carbons (Fsp3) is 0.500. The molecular formula is C18H24N2O3S. The Kier molecular flexibility index (Phi) is 5.71. The highest BCUT2D eigenvalue weighted by atomic mass is 32.1. The van der Waals surface area contributed by atoms with Crippen molar-refractivity contribution in [2.24, 2.45) is 5.92 Å². The quantitative estimate of drug-likeness (QED) is 0.778. The molecule has 0 spiro atoms. The molecule has 0 bridgehead atoms. The molecule has 1 aliphatic rings. The van der Waals surface area contributed by atoms with Gasteiger partial charge in [0.15, 0.2) is 0 Å². The molecule has 0 saturated carbocycles. The first kappa shape index (κ1) is 17.2. The fourth-order valence-corrected chi connectivity index (χ4v) is 4.18. The molecule has 1 fully saturated rings. The van der Waals surface area contributed by atoms with E-state index in [2.05, 4.69) is 28.1 Å². The second kappa shape index (κ2) is 7.96. The largest absolute Gasteiger partial charge is 0.391 e. The van der Waals surface area contributed by atoms with Crippen LogP contribution in [-0.4, -0.2) is 37.0 Å². The highest BCUT2D eigenvalue weighted by Crippen LogP contribution is 2.29. The number of thiophene rings is 1. The lowest BCUT2D eigenvalue weighted by Gasteiger charge is -2.27. The van der Waals surface area contributed by atoms with Crippen LogP contribution in [0, 0.1) is 5.92 Å². The molecule has 3 N–H and O–H groups in total. The lowest BCUT2D eigenvalue weighted by Crippen LogP contribution is -2.43. The van der Waals surface area contributed by atoms with Gasteiger partial charge in [0.1, 0.15) is 0 Å². The highest BCUT2D eigenvalue weighted by molar-refractivity contribution is 7.17. The first-order valence-corrected chi connectivity index (χ1v) is 9.29. The van der Waals surface area contributed by atoms with Crippen molar-refractivity contribution in [2.45, 2.75) is 31.9 Å². The minimum atomic E-state index is -0.517. The number of fused-ring (bicyclic) bond motifs is 1. The van der Waals surface area contributed by atoms with Crippen LogP contribution in [0.15, 0.2) is 29.6 Å². The van der Waals surface area contributed by atoms with Crippen LogP contribution in [0.25, 0.3) is 10.1 Å². The molecule has 6 heteroatoms. The second-order valence-electron chi connectivity index (χ2n) is 6.28. The number of nitrogens with one attached hydrogen (secondary N) is 2. The maximum absolute atomic E-state index is 12.1. The monoisotopic (exact) mass is 348 g/mol. The third-order valence-corrected chi connectivity index (χ3v) is 5.59. The summed E-state index contributed by atoms with van der Waals surface area (Å²) in [5, 5.41) is 19.2. The van der Waals surface area contributed by atoms with Crippen molar-refractivity contribution in [3.05, 3.63) is 35.2 Å². The van der Waals surface area contributed by atoms with E-state index < -0.39 is 6.10 Å². The molecule has 2 amide bonds. The zero-order valence-electron chi connectivity index (χ0n) is 13.8. The van der Waals surface area contributed by atoms with Gasteiger partial charge in [-0.2, -0.15) is 0 Å². The Morgan fingerprint density at radius 1 is 1.38 bits per heavy atom. The standard InChI is InChI=1S/C18H24N2O3S/c1-12(15-11-24-17-5-3-2-4-14(15)17)20-18(22)19-10-16(21)13-6-8-23-9-7-13/h2-5,11-13,16,21H,6-10H2,1H3,(H2,19,20,22). The smallest absolute Gasteiger partial charge is 0.315 e. The third kappa shape index (κ3) is 4.06. The van der Waals surface area contributed by atoms with Crippen LogP contribution >= 0.6 is 11.3 Å². The number of aliphatic hydroxyl groups is 1. The predicted octanol–water partition coefficient (Wildman–Crippen LogP) is 3.05. The number of rotatable bonds is 5. The zero-order chi connectivity index (χ0) is 16.9. The Morgan fingerprint density at radius 3 is 2.92 bits per heavy atom. The van der Waals surface area contributed by atoms with Crippen molar-refractivity contribution in [1.29, 1.82) is 0 Å². The van der Waals surface area contributed by atoms with Gasteiger partial charge in [-0.1, -0.05) is 18.2 Å². The van der Waals surface area contributed by atoms with E-state index in [-0.39, 0.29) is 24.5 Å². The number of urea groups is 1. The molecular weight excluding hydrogens is 324 g/mol. The maximum Gasteiger partial charge on any atom is 0.315 e. The minimum absolute atomic E-state index is 0.0821.